The van der Waals surface area contributed by atoms with Crippen molar-refractivity contribution >= 4 is 23.5 Å². The van der Waals surface area contributed by atoms with Crippen LogP contribution in [0.25, 0.3) is 11.5 Å². The van der Waals surface area contributed by atoms with E-state index in [4.69, 9.17) is 9.15 Å². The summed E-state index contributed by atoms with van der Waals surface area (Å²) in [7, 11) is 1.36. The first-order chi connectivity index (χ1) is 12.7. The molecule has 0 aliphatic heterocycles. The van der Waals surface area contributed by atoms with Crippen LogP contribution < -0.4 is 4.80 Å². The van der Waals surface area contributed by atoms with Crippen molar-refractivity contribution < 1.29 is 13.9 Å². The third-order valence-corrected chi connectivity index (χ3v) is 4.32. The fraction of sp³-hybridized carbons (Fsp3) is 0.105. The number of thiazole rings is 1. The number of rotatable bonds is 6. The van der Waals surface area contributed by atoms with E-state index in [0.717, 1.165) is 16.1 Å². The summed E-state index contributed by atoms with van der Waals surface area (Å²) in [6, 6.07) is 10.7. The lowest BCUT2D eigenvalue weighted by Gasteiger charge is -2.01. The van der Waals surface area contributed by atoms with Crippen LogP contribution in [0.15, 0.2) is 75.2 Å². The maximum Gasteiger partial charge on any atom is 0.337 e. The molecule has 2 heterocycles. The average molecular weight is 367 g/mol. The molecule has 0 spiro atoms. The minimum absolute atomic E-state index is 0.369. The number of methoxy groups -OCH3 is 1. The standard InChI is InChI=1S/C19H17N3O3S/c1-3-10-20-19-22(16(13-26-19)17-5-4-11-25-17)21-12-14-6-8-15(9-7-14)18(23)24-2/h3-9,11-13H,1,10H2,2H3. The van der Waals surface area contributed by atoms with E-state index < -0.39 is 0 Å². The summed E-state index contributed by atoms with van der Waals surface area (Å²) in [5, 5.41) is 6.48. The Kier molecular flexibility index (Phi) is 5.60. The van der Waals surface area contributed by atoms with Gasteiger partial charge in [0.15, 0.2) is 5.76 Å². The van der Waals surface area contributed by atoms with Gasteiger partial charge in [0, 0.05) is 5.38 Å². The maximum absolute atomic E-state index is 11.5. The van der Waals surface area contributed by atoms with E-state index in [1.807, 2.05) is 17.5 Å². The molecular weight excluding hydrogens is 350 g/mol. The average Bonchev–Trinajstić information content (AvgIpc) is 3.34. The third kappa shape index (κ3) is 3.89. The number of hydrogen-bond acceptors (Lipinski definition) is 6. The molecule has 3 rings (SSSR count). The van der Waals surface area contributed by atoms with Gasteiger partial charge >= 0.3 is 5.97 Å². The van der Waals surface area contributed by atoms with Gasteiger partial charge in [0.2, 0.25) is 4.80 Å². The lowest BCUT2D eigenvalue weighted by Crippen LogP contribution is -2.12. The molecule has 0 fully saturated rings. The zero-order chi connectivity index (χ0) is 18.4. The van der Waals surface area contributed by atoms with Gasteiger partial charge in [-0.05, 0) is 29.8 Å². The molecule has 0 unspecified atom stereocenters. The van der Waals surface area contributed by atoms with Gasteiger partial charge in [0.05, 0.1) is 31.7 Å². The highest BCUT2D eigenvalue weighted by Crippen LogP contribution is 2.20. The molecule has 0 saturated carbocycles. The number of carbonyl (C=O) groups excluding carboxylic acids is 1. The SMILES string of the molecule is C=CCN=c1scc(-c2ccco2)n1N=Cc1ccc(C(=O)OC)cc1. The Morgan fingerprint density at radius 1 is 1.35 bits per heavy atom. The maximum atomic E-state index is 11.5. The van der Waals surface area contributed by atoms with E-state index in [9.17, 15) is 4.79 Å². The van der Waals surface area contributed by atoms with E-state index in [2.05, 4.69) is 16.7 Å². The highest BCUT2D eigenvalue weighted by Gasteiger charge is 2.09. The van der Waals surface area contributed by atoms with Gasteiger partial charge in [-0.25, -0.2) is 9.47 Å². The molecule has 0 bridgehead atoms. The Morgan fingerprint density at radius 2 is 2.15 bits per heavy atom. The van der Waals surface area contributed by atoms with E-state index in [0.29, 0.717) is 17.9 Å². The molecule has 26 heavy (non-hydrogen) atoms. The van der Waals surface area contributed by atoms with Crippen LogP contribution in [0.4, 0.5) is 0 Å². The van der Waals surface area contributed by atoms with Gasteiger partial charge in [-0.3, -0.25) is 4.99 Å². The first-order valence-corrected chi connectivity index (χ1v) is 8.69. The quantitative estimate of drug-likeness (QED) is 0.380. The van der Waals surface area contributed by atoms with Crippen LogP contribution in [0.3, 0.4) is 0 Å². The highest BCUT2D eigenvalue weighted by atomic mass is 32.1. The summed E-state index contributed by atoms with van der Waals surface area (Å²) in [6.07, 6.45) is 5.05. The lowest BCUT2D eigenvalue weighted by atomic mass is 10.1. The van der Waals surface area contributed by atoms with Crippen LogP contribution in [-0.2, 0) is 4.74 Å². The third-order valence-electron chi connectivity index (χ3n) is 3.47. The molecule has 132 valence electrons. The van der Waals surface area contributed by atoms with E-state index in [-0.39, 0.29) is 5.97 Å². The molecule has 0 N–H and O–H groups in total. The topological polar surface area (TPSA) is 69.1 Å². The predicted octanol–water partition coefficient (Wildman–Crippen LogP) is 3.57. The van der Waals surface area contributed by atoms with Crippen molar-refractivity contribution in [2.45, 2.75) is 0 Å². The smallest absolute Gasteiger partial charge is 0.337 e. The van der Waals surface area contributed by atoms with Crippen molar-refractivity contribution in [3.63, 3.8) is 0 Å². The van der Waals surface area contributed by atoms with Gasteiger partial charge < -0.3 is 9.15 Å². The number of furan rings is 1. The van der Waals surface area contributed by atoms with Crippen LogP contribution in [0.1, 0.15) is 15.9 Å². The zero-order valence-electron chi connectivity index (χ0n) is 14.2. The summed E-state index contributed by atoms with van der Waals surface area (Å²) >= 11 is 1.47. The number of carbonyl (C=O) groups is 1. The molecule has 0 radical (unpaired) electrons. The van der Waals surface area contributed by atoms with Crippen LogP contribution in [0.5, 0.6) is 0 Å². The Morgan fingerprint density at radius 3 is 2.81 bits per heavy atom. The second-order valence-corrected chi connectivity index (χ2v) is 6.02. The molecule has 3 aromatic rings. The Hall–Kier alpha value is -3.19. The molecule has 0 amide bonds. The fourth-order valence-corrected chi connectivity index (χ4v) is 3.03. The number of hydrogen-bond donors (Lipinski definition) is 0. The number of benzene rings is 1. The zero-order valence-corrected chi connectivity index (χ0v) is 15.0. The summed E-state index contributed by atoms with van der Waals surface area (Å²) < 4.78 is 11.9. The second-order valence-electron chi connectivity index (χ2n) is 5.18. The molecule has 6 nitrogen and oxygen atoms in total. The molecule has 1 aromatic carbocycles. The van der Waals surface area contributed by atoms with Gasteiger partial charge in [-0.15, -0.1) is 17.9 Å². The Labute approximate surface area is 154 Å². The first kappa shape index (κ1) is 17.6. The molecular formula is C19H17N3O3S. The first-order valence-electron chi connectivity index (χ1n) is 7.81. The number of nitrogens with zero attached hydrogens (tertiary/aromatic N) is 3. The van der Waals surface area contributed by atoms with E-state index >= 15 is 0 Å². The van der Waals surface area contributed by atoms with Crippen LogP contribution >= 0.6 is 11.3 Å². The monoisotopic (exact) mass is 367 g/mol. The van der Waals surface area contributed by atoms with Crippen molar-refractivity contribution in [2.75, 3.05) is 13.7 Å². The summed E-state index contributed by atoms with van der Waals surface area (Å²) in [5.74, 6) is 0.339. The molecule has 7 heteroatoms. The summed E-state index contributed by atoms with van der Waals surface area (Å²) in [5.41, 5.74) is 2.15. The number of ether oxygens (including phenoxy) is 1. The Balaban J connectivity index is 1.95. The number of esters is 1. The minimum atomic E-state index is -0.369. The van der Waals surface area contributed by atoms with Crippen molar-refractivity contribution in [1.29, 1.82) is 0 Å². The Bertz CT molecular complexity index is 980. The highest BCUT2D eigenvalue weighted by molar-refractivity contribution is 7.07. The van der Waals surface area contributed by atoms with Crippen molar-refractivity contribution in [3.05, 3.63) is 76.6 Å². The van der Waals surface area contributed by atoms with Crippen LogP contribution in [0, 0.1) is 0 Å². The van der Waals surface area contributed by atoms with Gasteiger partial charge in [0.1, 0.15) is 5.69 Å². The van der Waals surface area contributed by atoms with Crippen LogP contribution in [-0.4, -0.2) is 30.5 Å². The minimum Gasteiger partial charge on any atom is -0.465 e. The van der Waals surface area contributed by atoms with Gasteiger partial charge in [0.25, 0.3) is 0 Å². The second kappa shape index (κ2) is 8.26. The molecule has 0 saturated heterocycles. The summed E-state index contributed by atoms with van der Waals surface area (Å²) in [6.45, 7) is 4.19. The predicted molar refractivity (Wildman–Crippen MR) is 101 cm³/mol. The molecule has 2 aromatic heterocycles. The summed E-state index contributed by atoms with van der Waals surface area (Å²) in [4.78, 5) is 16.7. The molecule has 0 aliphatic carbocycles. The van der Waals surface area contributed by atoms with E-state index in [1.54, 1.807) is 47.5 Å². The van der Waals surface area contributed by atoms with Crippen molar-refractivity contribution in [2.24, 2.45) is 10.1 Å². The molecule has 0 atom stereocenters. The number of aromatic nitrogens is 1. The van der Waals surface area contributed by atoms with Crippen LogP contribution in [0.2, 0.25) is 0 Å². The van der Waals surface area contributed by atoms with Crippen molar-refractivity contribution in [3.8, 4) is 11.5 Å². The van der Waals surface area contributed by atoms with Gasteiger partial charge in [-0.1, -0.05) is 18.2 Å². The molecule has 0 aliphatic rings. The van der Waals surface area contributed by atoms with Gasteiger partial charge in [-0.2, -0.15) is 5.10 Å². The lowest BCUT2D eigenvalue weighted by molar-refractivity contribution is 0.0600. The normalized spacial score (nSPS) is 11.8. The fourth-order valence-electron chi connectivity index (χ4n) is 2.20. The largest absolute Gasteiger partial charge is 0.465 e. The van der Waals surface area contributed by atoms with E-state index in [1.165, 1.54) is 18.4 Å². The van der Waals surface area contributed by atoms with Crippen molar-refractivity contribution in [1.82, 2.24) is 4.68 Å².